The molecule has 0 unspecified atom stereocenters. The number of nitrogens with one attached hydrogen (secondary N) is 1. The van der Waals surface area contributed by atoms with Crippen molar-refractivity contribution in [2.45, 2.75) is 69.5 Å². The van der Waals surface area contributed by atoms with Gasteiger partial charge in [0, 0.05) is 35.3 Å². The van der Waals surface area contributed by atoms with E-state index < -0.39 is 23.6 Å². The number of alkyl carbamates (subject to hydrolysis) is 1. The molecule has 2 heterocycles. The molecule has 7 nitrogen and oxygen atoms in total. The van der Waals surface area contributed by atoms with Gasteiger partial charge in [0.25, 0.3) is 5.91 Å². The third kappa shape index (κ3) is 7.96. The number of halogens is 2. The average molecular weight is 577 g/mol. The number of rotatable bonds is 7. The number of anilines is 1. The van der Waals surface area contributed by atoms with E-state index in [1.54, 1.807) is 45.0 Å². The molecule has 210 valence electrons. The van der Waals surface area contributed by atoms with Crippen molar-refractivity contribution < 1.29 is 28.2 Å². The molecular formula is C29H34ClFN2O5S. The van der Waals surface area contributed by atoms with Gasteiger partial charge in [-0.05, 0) is 75.8 Å². The van der Waals surface area contributed by atoms with Crippen molar-refractivity contribution in [3.63, 3.8) is 0 Å². The fourth-order valence-electron chi connectivity index (χ4n) is 4.63. The fourth-order valence-corrected chi connectivity index (χ4v) is 5.83. The van der Waals surface area contributed by atoms with Gasteiger partial charge < -0.3 is 19.7 Å². The molecule has 1 fully saturated rings. The van der Waals surface area contributed by atoms with Gasteiger partial charge in [-0.25, -0.2) is 9.18 Å². The largest absolute Gasteiger partial charge is 0.444 e. The quantitative estimate of drug-likeness (QED) is 0.384. The maximum Gasteiger partial charge on any atom is 0.408 e. The fraction of sp³-hybridized carbons (Fsp3) is 0.483. The summed E-state index contributed by atoms with van der Waals surface area (Å²) in [6, 6.07) is 8.93. The molecule has 39 heavy (non-hydrogen) atoms. The Morgan fingerprint density at radius 3 is 2.54 bits per heavy atom. The number of nitrogens with zero attached hydrogens (tertiary/aromatic N) is 1. The Bertz CT molecular complexity index is 1210. The molecule has 2 aliphatic rings. The van der Waals surface area contributed by atoms with E-state index >= 15 is 4.39 Å². The van der Waals surface area contributed by atoms with Crippen LogP contribution in [-0.4, -0.2) is 48.4 Å². The summed E-state index contributed by atoms with van der Waals surface area (Å²) >= 11 is 7.30. The summed E-state index contributed by atoms with van der Waals surface area (Å²) in [6.45, 7) is 6.73. The van der Waals surface area contributed by atoms with Crippen LogP contribution in [0.5, 0.6) is 0 Å². The van der Waals surface area contributed by atoms with E-state index in [-0.39, 0.29) is 36.0 Å². The van der Waals surface area contributed by atoms with E-state index in [4.69, 9.17) is 21.1 Å². The highest BCUT2D eigenvalue weighted by Gasteiger charge is 2.34. The van der Waals surface area contributed by atoms with Crippen LogP contribution in [0.15, 0.2) is 41.3 Å². The summed E-state index contributed by atoms with van der Waals surface area (Å²) in [5.74, 6) is -0.730. The highest BCUT2D eigenvalue weighted by Crippen LogP contribution is 2.38. The van der Waals surface area contributed by atoms with Crippen LogP contribution in [0.2, 0.25) is 5.02 Å². The summed E-state index contributed by atoms with van der Waals surface area (Å²) in [5.41, 5.74) is 0.455. The lowest BCUT2D eigenvalue weighted by Crippen LogP contribution is -2.50. The number of ether oxygens (including phenoxy) is 2. The molecule has 0 radical (unpaired) electrons. The predicted octanol–water partition coefficient (Wildman–Crippen LogP) is 6.40. The first-order chi connectivity index (χ1) is 18.5. The summed E-state index contributed by atoms with van der Waals surface area (Å²) in [6.07, 6.45) is 1.97. The minimum Gasteiger partial charge on any atom is -0.444 e. The number of fused-ring (bicyclic) bond motifs is 1. The molecule has 1 atom stereocenters. The smallest absolute Gasteiger partial charge is 0.408 e. The van der Waals surface area contributed by atoms with Crippen LogP contribution in [0.3, 0.4) is 0 Å². The number of amides is 2. The topological polar surface area (TPSA) is 84.9 Å². The number of ketones is 1. The lowest BCUT2D eigenvalue weighted by molar-refractivity contribution is -0.120. The van der Waals surface area contributed by atoms with Gasteiger partial charge in [-0.2, -0.15) is 0 Å². The second-order valence-corrected chi connectivity index (χ2v) is 12.4. The molecule has 1 N–H and O–H groups in total. The van der Waals surface area contributed by atoms with Crippen LogP contribution in [0, 0.1) is 11.7 Å². The summed E-state index contributed by atoms with van der Waals surface area (Å²) in [7, 11) is 0. The van der Waals surface area contributed by atoms with Gasteiger partial charge in [-0.1, -0.05) is 23.7 Å². The van der Waals surface area contributed by atoms with Crippen molar-refractivity contribution >= 4 is 46.8 Å². The van der Waals surface area contributed by atoms with Crippen LogP contribution >= 0.6 is 23.4 Å². The van der Waals surface area contributed by atoms with E-state index in [9.17, 15) is 14.4 Å². The Kier molecular flexibility index (Phi) is 9.56. The molecule has 1 saturated heterocycles. The molecule has 10 heteroatoms. The van der Waals surface area contributed by atoms with Gasteiger partial charge in [0.2, 0.25) is 0 Å². The van der Waals surface area contributed by atoms with Crippen LogP contribution in [0.25, 0.3) is 0 Å². The summed E-state index contributed by atoms with van der Waals surface area (Å²) < 4.78 is 26.0. The van der Waals surface area contributed by atoms with Crippen LogP contribution < -0.4 is 10.2 Å². The molecular weight excluding hydrogens is 543 g/mol. The maximum absolute atomic E-state index is 15.3. The Morgan fingerprint density at radius 1 is 1.18 bits per heavy atom. The lowest BCUT2D eigenvalue weighted by atomic mass is 9.92. The second-order valence-electron chi connectivity index (χ2n) is 10.9. The second kappa shape index (κ2) is 12.7. The summed E-state index contributed by atoms with van der Waals surface area (Å²) in [5, 5.41) is 3.22. The number of carbonyl (C=O) groups is 3. The van der Waals surface area contributed by atoms with Crippen LogP contribution in [-0.2, 0) is 20.8 Å². The van der Waals surface area contributed by atoms with E-state index in [2.05, 4.69) is 5.32 Å². The van der Waals surface area contributed by atoms with Crippen molar-refractivity contribution in [2.75, 3.05) is 23.9 Å². The number of benzene rings is 2. The Hall–Kier alpha value is -2.62. The third-order valence-electron chi connectivity index (χ3n) is 6.67. The van der Waals surface area contributed by atoms with Crippen molar-refractivity contribution in [2.24, 2.45) is 5.92 Å². The Balaban J connectivity index is 1.62. The maximum atomic E-state index is 15.3. The minimum absolute atomic E-state index is 0.0335. The number of carbonyl (C=O) groups excluding carboxylic acids is 3. The van der Waals surface area contributed by atoms with Gasteiger partial charge in [-0.15, -0.1) is 11.8 Å². The number of thioether (sulfide) groups is 1. The van der Waals surface area contributed by atoms with E-state index in [0.717, 1.165) is 18.4 Å². The standard InChI is InChI=1S/C29H34ClFN2O5S/c1-29(2,3)38-28(36)32-23-17-39-26-15-22(31)21(25(34)9-6-18-10-12-37-13-11-18)14-24(26)33(27(23)35)16-19-4-7-20(30)8-5-19/h4-5,7-8,14-15,18,23H,6,9-13,16-17H2,1-3H3,(H,32,36)/t23-/m0/s1. The van der Waals surface area contributed by atoms with Crippen molar-refractivity contribution in [1.82, 2.24) is 5.32 Å². The molecule has 0 aromatic heterocycles. The van der Waals surface area contributed by atoms with Crippen molar-refractivity contribution in [1.29, 1.82) is 0 Å². The first-order valence-corrected chi connectivity index (χ1v) is 14.5. The number of hydrogen-bond acceptors (Lipinski definition) is 6. The monoisotopic (exact) mass is 576 g/mol. The molecule has 0 aliphatic carbocycles. The van der Waals surface area contributed by atoms with Gasteiger partial charge >= 0.3 is 6.09 Å². The highest BCUT2D eigenvalue weighted by atomic mass is 35.5. The zero-order valence-corrected chi connectivity index (χ0v) is 24.0. The first-order valence-electron chi connectivity index (χ1n) is 13.1. The minimum atomic E-state index is -0.916. The predicted molar refractivity (Wildman–Crippen MR) is 150 cm³/mol. The zero-order chi connectivity index (χ0) is 28.2. The highest BCUT2D eigenvalue weighted by molar-refractivity contribution is 7.99. The molecule has 2 amide bonds. The van der Waals surface area contributed by atoms with Gasteiger partial charge in [-0.3, -0.25) is 9.59 Å². The SMILES string of the molecule is CC(C)(C)OC(=O)N[C@H]1CSc2cc(F)c(C(=O)CCC3CCOCC3)cc2N(Cc2ccc(Cl)cc2)C1=O. The molecule has 4 rings (SSSR count). The number of Topliss-reactive ketones (excluding diaryl/α,β-unsaturated/α-hetero) is 1. The van der Waals surface area contributed by atoms with Crippen molar-refractivity contribution in [3.05, 3.63) is 58.4 Å². The van der Waals surface area contributed by atoms with Gasteiger partial charge in [0.05, 0.1) is 17.8 Å². The molecule has 0 saturated carbocycles. The Labute approximate surface area is 237 Å². The molecule has 2 aliphatic heterocycles. The molecule has 0 bridgehead atoms. The van der Waals surface area contributed by atoms with E-state index in [1.807, 2.05) is 0 Å². The van der Waals surface area contributed by atoms with Crippen molar-refractivity contribution in [3.8, 4) is 0 Å². The zero-order valence-electron chi connectivity index (χ0n) is 22.4. The van der Waals surface area contributed by atoms with Crippen LogP contribution in [0.4, 0.5) is 14.9 Å². The molecule has 2 aromatic carbocycles. The van der Waals surface area contributed by atoms with Gasteiger partial charge in [0.1, 0.15) is 17.5 Å². The normalized spacial score (nSPS) is 18.3. The lowest BCUT2D eigenvalue weighted by Gasteiger charge is -2.27. The van der Waals surface area contributed by atoms with Crippen LogP contribution in [0.1, 0.15) is 62.4 Å². The first kappa shape index (κ1) is 29.4. The Morgan fingerprint density at radius 2 is 1.87 bits per heavy atom. The third-order valence-corrected chi connectivity index (χ3v) is 8.06. The molecule has 0 spiro atoms. The average Bonchev–Trinajstić information content (AvgIpc) is 2.99. The molecule has 2 aromatic rings. The van der Waals surface area contributed by atoms with E-state index in [0.29, 0.717) is 41.2 Å². The number of hydrogen-bond donors (Lipinski definition) is 1. The summed E-state index contributed by atoms with van der Waals surface area (Å²) in [4.78, 5) is 41.5. The van der Waals surface area contributed by atoms with E-state index in [1.165, 1.54) is 28.8 Å². The van der Waals surface area contributed by atoms with Gasteiger partial charge in [0.15, 0.2) is 5.78 Å².